The smallest absolute Gasteiger partial charge is 0.226 e. The number of hydrogen-bond acceptors (Lipinski definition) is 2. The molecule has 1 aliphatic rings. The Morgan fingerprint density at radius 2 is 2.06 bits per heavy atom. The van der Waals surface area contributed by atoms with Crippen LogP contribution in [0.4, 0.5) is 0 Å². The van der Waals surface area contributed by atoms with E-state index in [9.17, 15) is 4.79 Å². The minimum absolute atomic E-state index is 0.142. The number of hydrogen-bond donors (Lipinski definition) is 1. The van der Waals surface area contributed by atoms with Gasteiger partial charge in [0.2, 0.25) is 5.91 Å². The lowest BCUT2D eigenvalue weighted by atomic mass is 10.1. The number of carbonyl (C=O) groups excluding carboxylic acids is 1. The SMILES string of the molecule is CCN(Cc1ccccc1)C(=O)C1CCC(N)C1. The largest absolute Gasteiger partial charge is 0.338 e. The third kappa shape index (κ3) is 3.10. The van der Waals surface area contributed by atoms with E-state index in [1.54, 1.807) is 0 Å². The molecule has 1 aromatic rings. The average Bonchev–Trinajstić information content (AvgIpc) is 2.83. The summed E-state index contributed by atoms with van der Waals surface area (Å²) >= 11 is 0. The molecular weight excluding hydrogens is 224 g/mol. The van der Waals surface area contributed by atoms with E-state index in [0.717, 1.165) is 25.8 Å². The van der Waals surface area contributed by atoms with Crippen molar-refractivity contribution in [1.82, 2.24) is 4.90 Å². The maximum atomic E-state index is 12.4. The standard InChI is InChI=1S/C15H22N2O/c1-2-17(11-12-6-4-3-5-7-12)15(18)13-8-9-14(16)10-13/h3-7,13-14H,2,8-11,16H2,1H3. The minimum Gasteiger partial charge on any atom is -0.338 e. The van der Waals surface area contributed by atoms with Crippen molar-refractivity contribution >= 4 is 5.91 Å². The van der Waals surface area contributed by atoms with Crippen LogP contribution in [0.3, 0.4) is 0 Å². The van der Waals surface area contributed by atoms with Crippen LogP contribution in [-0.2, 0) is 11.3 Å². The predicted molar refractivity (Wildman–Crippen MR) is 72.8 cm³/mol. The molecule has 3 heteroatoms. The molecule has 0 aliphatic heterocycles. The van der Waals surface area contributed by atoms with Gasteiger partial charge in [-0.25, -0.2) is 0 Å². The van der Waals surface area contributed by atoms with Crippen LogP contribution in [0.15, 0.2) is 30.3 Å². The van der Waals surface area contributed by atoms with Crippen LogP contribution in [-0.4, -0.2) is 23.4 Å². The van der Waals surface area contributed by atoms with Crippen molar-refractivity contribution in [3.63, 3.8) is 0 Å². The molecule has 1 saturated carbocycles. The van der Waals surface area contributed by atoms with E-state index < -0.39 is 0 Å². The van der Waals surface area contributed by atoms with E-state index in [-0.39, 0.29) is 17.9 Å². The third-order valence-corrected chi connectivity index (χ3v) is 3.73. The summed E-state index contributed by atoms with van der Waals surface area (Å²) in [5, 5.41) is 0. The van der Waals surface area contributed by atoms with Gasteiger partial charge in [-0.3, -0.25) is 4.79 Å². The summed E-state index contributed by atoms with van der Waals surface area (Å²) < 4.78 is 0. The number of nitrogens with zero attached hydrogens (tertiary/aromatic N) is 1. The Morgan fingerprint density at radius 3 is 2.61 bits per heavy atom. The summed E-state index contributed by atoms with van der Waals surface area (Å²) in [6.45, 7) is 3.51. The van der Waals surface area contributed by atoms with Crippen molar-refractivity contribution in [3.05, 3.63) is 35.9 Å². The van der Waals surface area contributed by atoms with E-state index in [2.05, 4.69) is 12.1 Å². The molecule has 0 saturated heterocycles. The van der Waals surface area contributed by atoms with E-state index in [1.807, 2.05) is 30.0 Å². The van der Waals surface area contributed by atoms with Gasteiger partial charge < -0.3 is 10.6 Å². The van der Waals surface area contributed by atoms with Crippen LogP contribution in [0.1, 0.15) is 31.7 Å². The Kier molecular flexibility index (Phi) is 4.37. The number of nitrogens with two attached hydrogens (primary N) is 1. The fourth-order valence-electron chi connectivity index (χ4n) is 2.65. The van der Waals surface area contributed by atoms with Crippen LogP contribution in [0.25, 0.3) is 0 Å². The Morgan fingerprint density at radius 1 is 1.33 bits per heavy atom. The second kappa shape index (κ2) is 6.01. The molecule has 1 fully saturated rings. The van der Waals surface area contributed by atoms with Crippen LogP contribution in [0, 0.1) is 5.92 Å². The molecule has 1 amide bonds. The molecule has 2 unspecified atom stereocenters. The lowest BCUT2D eigenvalue weighted by molar-refractivity contribution is -0.135. The first-order chi connectivity index (χ1) is 8.70. The minimum atomic E-state index is 0.142. The highest BCUT2D eigenvalue weighted by molar-refractivity contribution is 5.79. The number of benzene rings is 1. The number of carbonyl (C=O) groups is 1. The van der Waals surface area contributed by atoms with E-state index >= 15 is 0 Å². The van der Waals surface area contributed by atoms with Crippen LogP contribution in [0.5, 0.6) is 0 Å². The monoisotopic (exact) mass is 246 g/mol. The van der Waals surface area contributed by atoms with Gasteiger partial charge in [-0.1, -0.05) is 30.3 Å². The average molecular weight is 246 g/mol. The highest BCUT2D eigenvalue weighted by Crippen LogP contribution is 2.26. The topological polar surface area (TPSA) is 46.3 Å². The van der Waals surface area contributed by atoms with Crippen molar-refractivity contribution < 1.29 is 4.79 Å². The molecule has 1 aromatic carbocycles. The molecule has 0 aromatic heterocycles. The molecular formula is C15H22N2O. The maximum Gasteiger partial charge on any atom is 0.226 e. The quantitative estimate of drug-likeness (QED) is 0.885. The van der Waals surface area contributed by atoms with Crippen molar-refractivity contribution in [2.75, 3.05) is 6.54 Å². The molecule has 0 spiro atoms. The molecule has 18 heavy (non-hydrogen) atoms. The van der Waals surface area contributed by atoms with Gasteiger partial charge in [0.05, 0.1) is 0 Å². The Bertz CT molecular complexity index is 391. The molecule has 2 rings (SSSR count). The predicted octanol–water partition coefficient (Wildman–Crippen LogP) is 2.16. The molecule has 3 nitrogen and oxygen atoms in total. The first kappa shape index (κ1) is 13.1. The molecule has 98 valence electrons. The van der Waals surface area contributed by atoms with Crippen LogP contribution < -0.4 is 5.73 Å². The summed E-state index contributed by atoms with van der Waals surface area (Å²) in [5.41, 5.74) is 7.08. The van der Waals surface area contributed by atoms with Gasteiger partial charge in [-0.2, -0.15) is 0 Å². The Hall–Kier alpha value is -1.35. The third-order valence-electron chi connectivity index (χ3n) is 3.73. The lowest BCUT2D eigenvalue weighted by Crippen LogP contribution is -2.35. The number of rotatable bonds is 4. The summed E-state index contributed by atoms with van der Waals surface area (Å²) in [6.07, 6.45) is 2.79. The number of amides is 1. The lowest BCUT2D eigenvalue weighted by Gasteiger charge is -2.24. The van der Waals surface area contributed by atoms with Crippen molar-refractivity contribution in [2.45, 2.75) is 38.8 Å². The summed E-state index contributed by atoms with van der Waals surface area (Å²) in [4.78, 5) is 14.3. The van der Waals surface area contributed by atoms with Gasteiger partial charge >= 0.3 is 0 Å². The first-order valence-electron chi connectivity index (χ1n) is 6.79. The van der Waals surface area contributed by atoms with E-state index in [4.69, 9.17) is 5.73 Å². The Balaban J connectivity index is 1.98. The van der Waals surface area contributed by atoms with Crippen molar-refractivity contribution in [1.29, 1.82) is 0 Å². The maximum absolute atomic E-state index is 12.4. The summed E-state index contributed by atoms with van der Waals surface area (Å²) in [7, 11) is 0. The molecule has 2 N–H and O–H groups in total. The molecule has 0 bridgehead atoms. The summed E-state index contributed by atoms with van der Waals surface area (Å²) in [6, 6.07) is 10.4. The fraction of sp³-hybridized carbons (Fsp3) is 0.533. The van der Waals surface area contributed by atoms with Gasteiger partial charge in [0.25, 0.3) is 0 Å². The zero-order valence-electron chi connectivity index (χ0n) is 11.0. The molecule has 0 radical (unpaired) electrons. The first-order valence-corrected chi connectivity index (χ1v) is 6.79. The van der Waals surface area contributed by atoms with Gasteiger partial charge in [0.15, 0.2) is 0 Å². The van der Waals surface area contributed by atoms with Gasteiger partial charge in [-0.05, 0) is 31.7 Å². The van der Waals surface area contributed by atoms with E-state index in [1.165, 1.54) is 5.56 Å². The second-order valence-corrected chi connectivity index (χ2v) is 5.11. The van der Waals surface area contributed by atoms with Crippen LogP contribution in [0.2, 0.25) is 0 Å². The van der Waals surface area contributed by atoms with Gasteiger partial charge in [0, 0.05) is 25.0 Å². The summed E-state index contributed by atoms with van der Waals surface area (Å²) in [5.74, 6) is 0.415. The van der Waals surface area contributed by atoms with E-state index in [0.29, 0.717) is 6.54 Å². The fourth-order valence-corrected chi connectivity index (χ4v) is 2.65. The van der Waals surface area contributed by atoms with Crippen LogP contribution >= 0.6 is 0 Å². The molecule has 0 heterocycles. The van der Waals surface area contributed by atoms with Crippen molar-refractivity contribution in [3.8, 4) is 0 Å². The van der Waals surface area contributed by atoms with Gasteiger partial charge in [-0.15, -0.1) is 0 Å². The van der Waals surface area contributed by atoms with Gasteiger partial charge in [0.1, 0.15) is 0 Å². The zero-order chi connectivity index (χ0) is 13.0. The molecule has 2 atom stereocenters. The second-order valence-electron chi connectivity index (χ2n) is 5.11. The Labute approximate surface area is 109 Å². The highest BCUT2D eigenvalue weighted by atomic mass is 16.2. The molecule has 1 aliphatic carbocycles. The highest BCUT2D eigenvalue weighted by Gasteiger charge is 2.30. The normalized spacial score (nSPS) is 23.0. The zero-order valence-corrected chi connectivity index (χ0v) is 11.0. The van der Waals surface area contributed by atoms with Crippen molar-refractivity contribution in [2.24, 2.45) is 11.7 Å².